The number of halogens is 1. The molecule has 0 radical (unpaired) electrons. The molecule has 1 aromatic heterocycles. The number of carboxylic acids is 1. The van der Waals surface area contributed by atoms with Crippen LogP contribution in [0.4, 0.5) is 15.8 Å². The molecule has 0 saturated heterocycles. The minimum Gasteiger partial charge on any atom is -0.478 e. The number of carboxylic acid groups (broad SMARTS) is 1. The van der Waals surface area contributed by atoms with Gasteiger partial charge in [-0.2, -0.15) is 0 Å². The van der Waals surface area contributed by atoms with Gasteiger partial charge in [0.1, 0.15) is 0 Å². The van der Waals surface area contributed by atoms with Crippen molar-refractivity contribution in [3.63, 3.8) is 0 Å². The zero-order chi connectivity index (χ0) is 14.7. The highest BCUT2D eigenvalue weighted by Gasteiger charge is 2.16. The number of rotatable bonds is 3. The van der Waals surface area contributed by atoms with Crippen molar-refractivity contribution < 1.29 is 19.1 Å². The number of aromatic nitrogens is 1. The molecule has 1 heterocycles. The van der Waals surface area contributed by atoms with E-state index in [-0.39, 0.29) is 22.5 Å². The summed E-state index contributed by atoms with van der Waals surface area (Å²) in [4.78, 5) is 26.5. The first-order chi connectivity index (χ1) is 9.49. The quantitative estimate of drug-likeness (QED) is 0.740. The SMILES string of the molecule is Nc1ccc(C(=O)O)c(NC(=O)c2ccncc2F)c1. The van der Waals surface area contributed by atoms with E-state index in [1.807, 2.05) is 0 Å². The smallest absolute Gasteiger partial charge is 0.337 e. The molecule has 0 aliphatic carbocycles. The van der Waals surface area contributed by atoms with E-state index >= 15 is 0 Å². The largest absolute Gasteiger partial charge is 0.478 e. The molecule has 0 spiro atoms. The number of nitrogens with one attached hydrogen (secondary N) is 1. The van der Waals surface area contributed by atoms with Gasteiger partial charge < -0.3 is 16.2 Å². The molecule has 0 bridgehead atoms. The van der Waals surface area contributed by atoms with Gasteiger partial charge in [0.05, 0.1) is 23.0 Å². The van der Waals surface area contributed by atoms with Gasteiger partial charge in [0.15, 0.2) is 5.82 Å². The Kier molecular flexibility index (Phi) is 3.60. The second-order valence-electron chi connectivity index (χ2n) is 3.92. The van der Waals surface area contributed by atoms with Crippen molar-refractivity contribution in [2.24, 2.45) is 0 Å². The molecule has 2 aromatic rings. The number of carbonyl (C=O) groups is 2. The molecule has 20 heavy (non-hydrogen) atoms. The summed E-state index contributed by atoms with van der Waals surface area (Å²) in [5, 5.41) is 11.3. The van der Waals surface area contributed by atoms with Gasteiger partial charge in [-0.05, 0) is 24.3 Å². The van der Waals surface area contributed by atoms with Crippen LogP contribution in [0, 0.1) is 5.82 Å². The fourth-order valence-corrected chi connectivity index (χ4v) is 1.60. The topological polar surface area (TPSA) is 105 Å². The van der Waals surface area contributed by atoms with Crippen LogP contribution in [0.3, 0.4) is 0 Å². The predicted molar refractivity (Wildman–Crippen MR) is 70.0 cm³/mol. The zero-order valence-corrected chi connectivity index (χ0v) is 10.1. The van der Waals surface area contributed by atoms with Crippen molar-refractivity contribution in [2.45, 2.75) is 0 Å². The Morgan fingerprint density at radius 1 is 1.25 bits per heavy atom. The van der Waals surface area contributed by atoms with Gasteiger partial charge in [-0.15, -0.1) is 0 Å². The maximum absolute atomic E-state index is 13.4. The van der Waals surface area contributed by atoms with Gasteiger partial charge >= 0.3 is 5.97 Å². The molecule has 0 aliphatic rings. The van der Waals surface area contributed by atoms with E-state index in [2.05, 4.69) is 10.3 Å². The minimum absolute atomic E-state index is 0.00119. The molecule has 0 saturated carbocycles. The summed E-state index contributed by atoms with van der Waals surface area (Å²) in [6, 6.07) is 5.14. The highest BCUT2D eigenvalue weighted by Crippen LogP contribution is 2.20. The fraction of sp³-hybridized carbons (Fsp3) is 0. The molecule has 0 fully saturated rings. The second-order valence-corrected chi connectivity index (χ2v) is 3.92. The van der Waals surface area contributed by atoms with Crippen molar-refractivity contribution in [1.82, 2.24) is 4.98 Å². The Balaban J connectivity index is 2.35. The van der Waals surface area contributed by atoms with Crippen LogP contribution < -0.4 is 11.1 Å². The van der Waals surface area contributed by atoms with E-state index in [0.29, 0.717) is 0 Å². The van der Waals surface area contributed by atoms with Gasteiger partial charge in [0.25, 0.3) is 5.91 Å². The summed E-state index contributed by atoms with van der Waals surface area (Å²) >= 11 is 0. The van der Waals surface area contributed by atoms with Crippen LogP contribution in [0.2, 0.25) is 0 Å². The Morgan fingerprint density at radius 2 is 2.00 bits per heavy atom. The normalized spacial score (nSPS) is 10.1. The number of amides is 1. The van der Waals surface area contributed by atoms with Gasteiger partial charge in [0, 0.05) is 11.9 Å². The first-order valence-corrected chi connectivity index (χ1v) is 5.52. The average Bonchev–Trinajstić information content (AvgIpc) is 2.38. The molecule has 2 rings (SSSR count). The average molecular weight is 275 g/mol. The maximum atomic E-state index is 13.4. The second kappa shape index (κ2) is 5.35. The highest BCUT2D eigenvalue weighted by molar-refractivity contribution is 6.08. The molecular weight excluding hydrogens is 265 g/mol. The van der Waals surface area contributed by atoms with Crippen LogP contribution in [0.1, 0.15) is 20.7 Å². The molecule has 7 heteroatoms. The van der Waals surface area contributed by atoms with E-state index in [4.69, 9.17) is 10.8 Å². The minimum atomic E-state index is -1.23. The molecule has 0 unspecified atom stereocenters. The lowest BCUT2D eigenvalue weighted by Gasteiger charge is -2.09. The lowest BCUT2D eigenvalue weighted by Crippen LogP contribution is -2.16. The van der Waals surface area contributed by atoms with E-state index in [0.717, 1.165) is 6.20 Å². The number of nitrogen functional groups attached to an aromatic ring is 1. The summed E-state index contributed by atoms with van der Waals surface area (Å²) in [6.07, 6.45) is 2.15. The molecule has 1 aromatic carbocycles. The summed E-state index contributed by atoms with van der Waals surface area (Å²) in [7, 11) is 0. The third-order valence-corrected chi connectivity index (χ3v) is 2.54. The lowest BCUT2D eigenvalue weighted by atomic mass is 10.1. The number of aromatic carboxylic acids is 1. The summed E-state index contributed by atoms with van der Waals surface area (Å²) < 4.78 is 13.4. The molecule has 6 nitrogen and oxygen atoms in total. The number of hydrogen-bond donors (Lipinski definition) is 3. The number of nitrogens with two attached hydrogens (primary N) is 1. The van der Waals surface area contributed by atoms with Gasteiger partial charge in [0.2, 0.25) is 0 Å². The first kappa shape index (κ1) is 13.5. The maximum Gasteiger partial charge on any atom is 0.337 e. The van der Waals surface area contributed by atoms with Crippen molar-refractivity contribution >= 4 is 23.3 Å². The Hall–Kier alpha value is -2.96. The van der Waals surface area contributed by atoms with Crippen LogP contribution in [0.5, 0.6) is 0 Å². The van der Waals surface area contributed by atoms with E-state index < -0.39 is 17.7 Å². The van der Waals surface area contributed by atoms with Crippen molar-refractivity contribution in [2.75, 3.05) is 11.1 Å². The summed E-state index contributed by atoms with van der Waals surface area (Å²) in [5.74, 6) is -2.81. The predicted octanol–water partition coefficient (Wildman–Crippen LogP) is 1.75. The van der Waals surface area contributed by atoms with E-state index in [1.54, 1.807) is 0 Å². The van der Waals surface area contributed by atoms with Crippen LogP contribution in [-0.2, 0) is 0 Å². The molecule has 1 amide bonds. The van der Waals surface area contributed by atoms with Crippen molar-refractivity contribution in [3.8, 4) is 0 Å². The summed E-state index contributed by atoms with van der Waals surface area (Å²) in [6.45, 7) is 0. The Morgan fingerprint density at radius 3 is 2.65 bits per heavy atom. The first-order valence-electron chi connectivity index (χ1n) is 5.52. The molecule has 102 valence electrons. The summed E-state index contributed by atoms with van der Waals surface area (Å²) in [5.41, 5.74) is 5.45. The van der Waals surface area contributed by atoms with Crippen LogP contribution in [-0.4, -0.2) is 22.0 Å². The highest BCUT2D eigenvalue weighted by atomic mass is 19.1. The number of pyridine rings is 1. The fourth-order valence-electron chi connectivity index (χ4n) is 1.60. The standard InChI is InChI=1S/C13H10FN3O3/c14-10-6-16-4-3-8(10)12(18)17-11-5-7(15)1-2-9(11)13(19)20/h1-6H,15H2,(H,17,18)(H,19,20). The molecule has 0 atom stereocenters. The van der Waals surface area contributed by atoms with Crippen LogP contribution in [0.25, 0.3) is 0 Å². The van der Waals surface area contributed by atoms with Crippen molar-refractivity contribution in [3.05, 3.63) is 53.6 Å². The van der Waals surface area contributed by atoms with Gasteiger partial charge in [-0.25, -0.2) is 9.18 Å². The molecule has 4 N–H and O–H groups in total. The number of benzene rings is 1. The number of carbonyl (C=O) groups excluding carboxylic acids is 1. The van der Waals surface area contributed by atoms with Gasteiger partial charge in [-0.3, -0.25) is 9.78 Å². The third kappa shape index (κ3) is 2.72. The number of nitrogens with zero attached hydrogens (tertiary/aromatic N) is 1. The van der Waals surface area contributed by atoms with E-state index in [9.17, 15) is 14.0 Å². The number of hydrogen-bond acceptors (Lipinski definition) is 4. The van der Waals surface area contributed by atoms with E-state index in [1.165, 1.54) is 30.5 Å². The van der Waals surface area contributed by atoms with Crippen LogP contribution in [0.15, 0.2) is 36.7 Å². The monoisotopic (exact) mass is 275 g/mol. The van der Waals surface area contributed by atoms with Gasteiger partial charge in [-0.1, -0.05) is 0 Å². The lowest BCUT2D eigenvalue weighted by molar-refractivity contribution is 0.0698. The van der Waals surface area contributed by atoms with Crippen molar-refractivity contribution in [1.29, 1.82) is 0 Å². The third-order valence-electron chi connectivity index (χ3n) is 2.54. The number of anilines is 2. The molecule has 0 aliphatic heterocycles. The Bertz CT molecular complexity index is 688. The van der Waals surface area contributed by atoms with Crippen LogP contribution >= 0.6 is 0 Å². The molecular formula is C13H10FN3O3. The zero-order valence-electron chi connectivity index (χ0n) is 10.1. The Labute approximate surface area is 113 Å².